The Morgan fingerprint density at radius 1 is 1.25 bits per heavy atom. The number of hydrogen-bond donors (Lipinski definition) is 1. The molecule has 0 spiro atoms. The lowest BCUT2D eigenvalue weighted by Crippen LogP contribution is -2.23. The second-order valence-electron chi connectivity index (χ2n) is 5.48. The number of ether oxygens (including phenoxy) is 1. The first-order valence-corrected chi connectivity index (χ1v) is 8.79. The van der Waals surface area contributed by atoms with Gasteiger partial charge >= 0.3 is 0 Å². The molecule has 0 radical (unpaired) electrons. The van der Waals surface area contributed by atoms with Gasteiger partial charge in [0.15, 0.2) is 0 Å². The minimum absolute atomic E-state index is 0.247. The van der Waals surface area contributed by atoms with Crippen LogP contribution >= 0.6 is 0 Å². The lowest BCUT2D eigenvalue weighted by atomic mass is 9.87. The molecule has 1 aromatic carbocycles. The third-order valence-corrected chi connectivity index (χ3v) is 6.05. The Morgan fingerprint density at radius 3 is 2.55 bits per heavy atom. The first-order valence-electron chi connectivity index (χ1n) is 7.58. The van der Waals surface area contributed by atoms with E-state index in [0.717, 1.165) is 29.4 Å². The monoisotopic (exact) mass is 295 g/mol. The first-order chi connectivity index (χ1) is 9.65. The maximum Gasteiger partial charge on any atom is 0.120 e. The van der Waals surface area contributed by atoms with Crippen LogP contribution in [0.5, 0.6) is 5.75 Å². The molecule has 0 heterocycles. The zero-order valence-electron chi connectivity index (χ0n) is 12.4. The summed E-state index contributed by atoms with van der Waals surface area (Å²) >= 11 is 0. The summed E-state index contributed by atoms with van der Waals surface area (Å²) in [5.41, 5.74) is 6.61. The number of rotatable bonds is 5. The molecule has 2 rings (SSSR count). The maximum absolute atomic E-state index is 12.7. The Kier molecular flexibility index (Phi) is 5.46. The van der Waals surface area contributed by atoms with E-state index in [-0.39, 0.29) is 5.25 Å². The van der Waals surface area contributed by atoms with Crippen LogP contribution in [-0.4, -0.2) is 16.1 Å². The second kappa shape index (κ2) is 7.11. The fourth-order valence-corrected chi connectivity index (χ4v) is 4.47. The van der Waals surface area contributed by atoms with Crippen LogP contribution in [0.2, 0.25) is 0 Å². The minimum atomic E-state index is -1.02. The third kappa shape index (κ3) is 3.54. The molecule has 0 aliphatic heterocycles. The molecular weight excluding hydrogens is 270 g/mol. The molecule has 1 aromatic rings. The lowest BCUT2D eigenvalue weighted by molar-refractivity contribution is 0.339. The standard InChI is InChI=1S/C16H25NO2S/c1-3-12-5-8-14(9-6-12)20(18)16-11-13(19-4-2)7-10-15(16)17/h7,10-12,14H,3-6,8-9,17H2,1-2H3. The molecule has 0 aromatic heterocycles. The van der Waals surface area contributed by atoms with E-state index in [2.05, 4.69) is 6.92 Å². The average Bonchev–Trinajstić information content (AvgIpc) is 2.49. The van der Waals surface area contributed by atoms with Crippen LogP contribution in [0, 0.1) is 5.92 Å². The maximum atomic E-state index is 12.7. The van der Waals surface area contributed by atoms with Crippen molar-refractivity contribution in [3.8, 4) is 5.75 Å². The summed E-state index contributed by atoms with van der Waals surface area (Å²) in [5.74, 6) is 1.57. The van der Waals surface area contributed by atoms with Crippen LogP contribution < -0.4 is 10.5 Å². The highest BCUT2D eigenvalue weighted by Gasteiger charge is 2.26. The van der Waals surface area contributed by atoms with Gasteiger partial charge in [-0.05, 0) is 56.7 Å². The Labute approximate surface area is 124 Å². The smallest absolute Gasteiger partial charge is 0.120 e. The van der Waals surface area contributed by atoms with E-state index < -0.39 is 10.8 Å². The van der Waals surface area contributed by atoms with E-state index in [1.54, 1.807) is 6.07 Å². The van der Waals surface area contributed by atoms with E-state index in [1.807, 2.05) is 19.1 Å². The molecule has 1 aliphatic rings. The van der Waals surface area contributed by atoms with Gasteiger partial charge in [-0.2, -0.15) is 0 Å². The van der Waals surface area contributed by atoms with Gasteiger partial charge in [-0.25, -0.2) is 0 Å². The summed E-state index contributed by atoms with van der Waals surface area (Å²) in [7, 11) is -1.02. The Bertz CT molecular complexity index is 468. The number of nitrogens with two attached hydrogens (primary N) is 1. The van der Waals surface area contributed by atoms with Gasteiger partial charge in [0.2, 0.25) is 0 Å². The van der Waals surface area contributed by atoms with Crippen molar-refractivity contribution in [1.82, 2.24) is 0 Å². The summed E-state index contributed by atoms with van der Waals surface area (Å²) in [5, 5.41) is 0.247. The van der Waals surface area contributed by atoms with Crippen molar-refractivity contribution in [2.45, 2.75) is 56.1 Å². The van der Waals surface area contributed by atoms with E-state index in [9.17, 15) is 4.21 Å². The molecule has 0 saturated heterocycles. The third-order valence-electron chi connectivity index (χ3n) is 4.19. The number of hydrogen-bond acceptors (Lipinski definition) is 3. The van der Waals surface area contributed by atoms with Crippen molar-refractivity contribution in [3.05, 3.63) is 18.2 Å². The van der Waals surface area contributed by atoms with Gasteiger partial charge in [0.05, 0.1) is 22.3 Å². The Hall–Kier alpha value is -1.03. The van der Waals surface area contributed by atoms with Crippen LogP contribution in [0.3, 0.4) is 0 Å². The van der Waals surface area contributed by atoms with Crippen LogP contribution in [-0.2, 0) is 10.8 Å². The van der Waals surface area contributed by atoms with E-state index >= 15 is 0 Å². The van der Waals surface area contributed by atoms with Crippen molar-refractivity contribution in [1.29, 1.82) is 0 Å². The predicted octanol–water partition coefficient (Wildman–Crippen LogP) is 3.74. The molecule has 1 unspecified atom stereocenters. The molecule has 4 heteroatoms. The molecule has 1 saturated carbocycles. The molecule has 2 N–H and O–H groups in total. The fraction of sp³-hybridized carbons (Fsp3) is 0.625. The van der Waals surface area contributed by atoms with Crippen molar-refractivity contribution in [2.75, 3.05) is 12.3 Å². The zero-order chi connectivity index (χ0) is 14.5. The SMILES string of the molecule is CCOc1ccc(N)c(S(=O)C2CCC(CC)CC2)c1. The van der Waals surface area contributed by atoms with Gasteiger partial charge in [0, 0.05) is 10.9 Å². The van der Waals surface area contributed by atoms with E-state index in [0.29, 0.717) is 12.3 Å². The molecular formula is C16H25NO2S. The molecule has 1 aliphatic carbocycles. The van der Waals surface area contributed by atoms with Gasteiger partial charge in [-0.1, -0.05) is 13.3 Å². The van der Waals surface area contributed by atoms with Gasteiger partial charge in [-0.3, -0.25) is 4.21 Å². The topological polar surface area (TPSA) is 52.3 Å². The largest absolute Gasteiger partial charge is 0.494 e. The minimum Gasteiger partial charge on any atom is -0.494 e. The van der Waals surface area contributed by atoms with E-state index in [1.165, 1.54) is 19.3 Å². The summed E-state index contributed by atoms with van der Waals surface area (Å²) < 4.78 is 18.2. The predicted molar refractivity (Wildman–Crippen MR) is 84.5 cm³/mol. The van der Waals surface area contributed by atoms with Gasteiger partial charge in [0.1, 0.15) is 5.75 Å². The molecule has 3 nitrogen and oxygen atoms in total. The summed E-state index contributed by atoms with van der Waals surface area (Å²) in [6.07, 6.45) is 5.71. The first kappa shape index (κ1) is 15.4. The molecule has 112 valence electrons. The number of nitrogen functional groups attached to an aromatic ring is 1. The summed E-state index contributed by atoms with van der Waals surface area (Å²) in [6, 6.07) is 5.49. The van der Waals surface area contributed by atoms with Gasteiger partial charge < -0.3 is 10.5 Å². The van der Waals surface area contributed by atoms with Crippen molar-refractivity contribution in [3.63, 3.8) is 0 Å². The molecule has 1 fully saturated rings. The molecule has 0 amide bonds. The highest BCUT2D eigenvalue weighted by molar-refractivity contribution is 7.85. The summed E-state index contributed by atoms with van der Waals surface area (Å²) in [6.45, 7) is 4.79. The van der Waals surface area contributed by atoms with Crippen molar-refractivity contribution < 1.29 is 8.95 Å². The van der Waals surface area contributed by atoms with Gasteiger partial charge in [0.25, 0.3) is 0 Å². The molecule has 20 heavy (non-hydrogen) atoms. The quantitative estimate of drug-likeness (QED) is 0.842. The number of anilines is 1. The average molecular weight is 295 g/mol. The summed E-state index contributed by atoms with van der Waals surface area (Å²) in [4.78, 5) is 0.746. The fourth-order valence-electron chi connectivity index (χ4n) is 2.88. The van der Waals surface area contributed by atoms with Crippen LogP contribution in [0.15, 0.2) is 23.1 Å². The molecule has 0 bridgehead atoms. The van der Waals surface area contributed by atoms with Crippen LogP contribution in [0.25, 0.3) is 0 Å². The van der Waals surface area contributed by atoms with Crippen molar-refractivity contribution >= 4 is 16.5 Å². The van der Waals surface area contributed by atoms with Crippen LogP contribution in [0.4, 0.5) is 5.69 Å². The van der Waals surface area contributed by atoms with Crippen LogP contribution in [0.1, 0.15) is 46.0 Å². The van der Waals surface area contributed by atoms with Crippen molar-refractivity contribution in [2.24, 2.45) is 5.92 Å². The van der Waals surface area contributed by atoms with E-state index in [4.69, 9.17) is 10.5 Å². The lowest BCUT2D eigenvalue weighted by Gasteiger charge is -2.27. The normalized spacial score (nSPS) is 24.3. The Balaban J connectivity index is 2.10. The highest BCUT2D eigenvalue weighted by atomic mass is 32.2. The zero-order valence-corrected chi connectivity index (χ0v) is 13.2. The van der Waals surface area contributed by atoms with Gasteiger partial charge in [-0.15, -0.1) is 0 Å². The molecule has 1 atom stereocenters. The highest BCUT2D eigenvalue weighted by Crippen LogP contribution is 2.33. The Morgan fingerprint density at radius 2 is 1.95 bits per heavy atom. The number of benzene rings is 1. The second-order valence-corrected chi connectivity index (χ2v) is 7.18.